The molecule has 0 aromatic carbocycles. The van der Waals surface area contributed by atoms with Crippen molar-refractivity contribution in [1.29, 1.82) is 0 Å². The first-order valence-corrected chi connectivity index (χ1v) is 11.3. The Hall–Kier alpha value is -0.00312. The van der Waals surface area contributed by atoms with Crippen molar-refractivity contribution in [2.45, 2.75) is 58.4 Å². The maximum atomic E-state index is 12.4. The average molecular weight is 324 g/mol. The highest BCUT2D eigenvalue weighted by molar-refractivity contribution is 7.54. The van der Waals surface area contributed by atoms with Gasteiger partial charge in [-0.25, -0.2) is 0 Å². The molecule has 7 heteroatoms. The van der Waals surface area contributed by atoms with Gasteiger partial charge in [-0.1, -0.05) is 20.8 Å². The fraction of sp³-hybridized carbons (Fsp3) is 0.923. The van der Waals surface area contributed by atoms with Crippen LogP contribution in [0.3, 0.4) is 0 Å². The van der Waals surface area contributed by atoms with Gasteiger partial charge in [-0.05, 0) is 32.0 Å². The highest BCUT2D eigenvalue weighted by Crippen LogP contribution is 2.50. The molecule has 0 spiro atoms. The molecule has 0 N–H and O–H groups in total. The van der Waals surface area contributed by atoms with Crippen molar-refractivity contribution >= 4 is 21.7 Å². The lowest BCUT2D eigenvalue weighted by atomic mass is 10.1. The quantitative estimate of drug-likeness (QED) is 0.451. The smallest absolute Gasteiger partial charge is 0.333 e. The van der Waals surface area contributed by atoms with E-state index in [2.05, 4.69) is 20.8 Å². The summed E-state index contributed by atoms with van der Waals surface area (Å²) < 4.78 is 28.6. The molecule has 1 atom stereocenters. The fourth-order valence-electron chi connectivity index (χ4n) is 2.23. The first kappa shape index (κ1) is 20.0. The van der Waals surface area contributed by atoms with Crippen molar-refractivity contribution in [3.8, 4) is 0 Å². The van der Waals surface area contributed by atoms with Crippen LogP contribution >= 0.6 is 7.60 Å². The summed E-state index contributed by atoms with van der Waals surface area (Å²) in [7, 11) is -2.63. The van der Waals surface area contributed by atoms with Crippen LogP contribution in [0.15, 0.2) is 0 Å². The molecular weight excluding hydrogens is 295 g/mol. The molecule has 0 amide bonds. The molecule has 0 bridgehead atoms. The van der Waals surface area contributed by atoms with E-state index in [0.29, 0.717) is 0 Å². The Bertz CT molecular complexity index is 354. The molecule has 0 saturated heterocycles. The van der Waals surface area contributed by atoms with E-state index >= 15 is 0 Å². The number of carbonyl (C=O) groups is 1. The molecule has 0 saturated carbocycles. The van der Waals surface area contributed by atoms with Crippen molar-refractivity contribution in [3.63, 3.8) is 0 Å². The number of Topliss-reactive ketones (excluding diaryl/α,β-unsaturated/α-hetero) is 1. The number of ketones is 1. The lowest BCUT2D eigenvalue weighted by molar-refractivity contribution is -0.130. The van der Waals surface area contributed by atoms with E-state index in [4.69, 9.17) is 13.5 Å². The second kappa shape index (κ2) is 7.85. The summed E-state index contributed by atoms with van der Waals surface area (Å²) in [4.78, 5) is 12.1. The van der Waals surface area contributed by atoms with Crippen LogP contribution in [0.4, 0.5) is 0 Å². The van der Waals surface area contributed by atoms with Crippen LogP contribution in [0, 0.1) is 0 Å². The van der Waals surface area contributed by atoms with Gasteiger partial charge in [0.2, 0.25) is 0 Å². The van der Waals surface area contributed by atoms with Crippen molar-refractivity contribution in [1.82, 2.24) is 0 Å². The van der Waals surface area contributed by atoms with Crippen LogP contribution in [0.1, 0.15) is 34.6 Å². The summed E-state index contributed by atoms with van der Waals surface area (Å²) in [6.07, 6.45) is -0.0446. The number of hydrogen-bond donors (Lipinski definition) is 0. The zero-order valence-corrected chi connectivity index (χ0v) is 15.7. The second-order valence-electron chi connectivity index (χ2n) is 5.27. The Labute approximate surface area is 124 Å². The molecule has 5 nitrogen and oxygen atoms in total. The van der Waals surface area contributed by atoms with E-state index in [1.807, 2.05) is 0 Å². The van der Waals surface area contributed by atoms with Crippen LogP contribution in [0.2, 0.25) is 18.1 Å². The third kappa shape index (κ3) is 4.78. The Kier molecular flexibility index (Phi) is 7.85. The molecule has 0 rings (SSSR count). The van der Waals surface area contributed by atoms with Crippen LogP contribution < -0.4 is 0 Å². The minimum absolute atomic E-state index is 0.0446. The molecule has 0 fully saturated rings. The molecule has 0 unspecified atom stereocenters. The van der Waals surface area contributed by atoms with Crippen LogP contribution in [-0.4, -0.2) is 40.1 Å². The van der Waals surface area contributed by atoms with Crippen molar-refractivity contribution in [2.24, 2.45) is 0 Å². The third-order valence-corrected chi connectivity index (χ3v) is 11.0. The van der Waals surface area contributed by atoms with Crippen molar-refractivity contribution < 1.29 is 22.8 Å². The zero-order valence-electron chi connectivity index (χ0n) is 13.8. The largest absolute Gasteiger partial charge is 0.404 e. The molecule has 20 heavy (non-hydrogen) atoms. The van der Waals surface area contributed by atoms with Gasteiger partial charge in [0.05, 0.1) is 6.16 Å². The molecule has 0 aromatic rings. The zero-order chi connectivity index (χ0) is 16.0. The molecule has 120 valence electrons. The van der Waals surface area contributed by atoms with Gasteiger partial charge in [-0.2, -0.15) is 0 Å². The minimum Gasteiger partial charge on any atom is -0.404 e. The van der Waals surface area contributed by atoms with E-state index < -0.39 is 21.5 Å². The van der Waals surface area contributed by atoms with Crippen molar-refractivity contribution in [3.05, 3.63) is 0 Å². The molecule has 0 aromatic heterocycles. The summed E-state index contributed by atoms with van der Waals surface area (Å²) >= 11 is 0. The summed E-state index contributed by atoms with van der Waals surface area (Å²) in [6.45, 7) is 9.43. The maximum absolute atomic E-state index is 12.4. The Morgan fingerprint density at radius 2 is 1.50 bits per heavy atom. The lowest BCUT2D eigenvalue weighted by Crippen LogP contribution is -2.51. The van der Waals surface area contributed by atoms with Gasteiger partial charge in [0.25, 0.3) is 0 Å². The van der Waals surface area contributed by atoms with E-state index in [9.17, 15) is 9.36 Å². The lowest BCUT2D eigenvalue weighted by Gasteiger charge is -2.39. The monoisotopic (exact) mass is 324 g/mol. The molecule has 0 heterocycles. The average Bonchev–Trinajstić information content (AvgIpc) is 2.44. The van der Waals surface area contributed by atoms with E-state index in [1.54, 1.807) is 6.92 Å². The normalized spacial score (nSPS) is 15.9. The third-order valence-electron chi connectivity index (χ3n) is 4.17. The highest BCUT2D eigenvalue weighted by atomic mass is 31.2. The molecule has 0 aliphatic carbocycles. The molecule has 0 aliphatic heterocycles. The minimum atomic E-state index is -3.30. The molecular formula is C13H29O5PSi. The van der Waals surface area contributed by atoms with Gasteiger partial charge >= 0.3 is 7.60 Å². The fourth-order valence-corrected chi connectivity index (χ4v) is 6.89. The first-order valence-electron chi connectivity index (χ1n) is 7.08. The number of hydrogen-bond acceptors (Lipinski definition) is 5. The van der Waals surface area contributed by atoms with Gasteiger partial charge in [0.15, 0.2) is 14.1 Å². The van der Waals surface area contributed by atoms with Gasteiger partial charge in [0, 0.05) is 14.2 Å². The summed E-state index contributed by atoms with van der Waals surface area (Å²) in [5, 5.41) is 0. The predicted molar refractivity (Wildman–Crippen MR) is 83.9 cm³/mol. The van der Waals surface area contributed by atoms with Gasteiger partial charge in [-0.15, -0.1) is 0 Å². The summed E-state index contributed by atoms with van der Waals surface area (Å²) in [5.74, 6) is -0.140. The Morgan fingerprint density at radius 3 is 1.75 bits per heavy atom. The first-order chi connectivity index (χ1) is 9.16. The number of carbonyl (C=O) groups excluding carboxylic acids is 1. The van der Waals surface area contributed by atoms with Gasteiger partial charge in [0.1, 0.15) is 5.60 Å². The highest BCUT2D eigenvalue weighted by Gasteiger charge is 2.45. The Morgan fingerprint density at radius 1 is 1.10 bits per heavy atom. The SMILES string of the molecule is CC[Si](CC)(CC)O[C@](C)(CP(=O)(OC)OC)C(C)=O. The van der Waals surface area contributed by atoms with Gasteiger partial charge in [-0.3, -0.25) is 9.36 Å². The summed E-state index contributed by atoms with van der Waals surface area (Å²) in [6, 6.07) is 2.77. The molecule has 0 radical (unpaired) electrons. The Balaban J connectivity index is 5.42. The van der Waals surface area contributed by atoms with Crippen LogP contribution in [0.5, 0.6) is 0 Å². The van der Waals surface area contributed by atoms with Crippen molar-refractivity contribution in [2.75, 3.05) is 20.4 Å². The van der Waals surface area contributed by atoms with Crippen LogP contribution in [0.25, 0.3) is 0 Å². The van der Waals surface area contributed by atoms with Gasteiger partial charge < -0.3 is 13.5 Å². The van der Waals surface area contributed by atoms with E-state index in [1.165, 1.54) is 21.1 Å². The maximum Gasteiger partial charge on any atom is 0.333 e. The predicted octanol–water partition coefficient (Wildman–Crippen LogP) is 3.84. The topological polar surface area (TPSA) is 61.8 Å². The standard InChI is InChI=1S/C13H29O5PSi/c1-8-20(9-2,10-3)18-13(5,12(4)14)11-19(15,16-6)17-7/h8-11H2,1-7H3/t13-/m1/s1. The second-order valence-corrected chi connectivity index (χ2v) is 12.2. The van der Waals surface area contributed by atoms with E-state index in [0.717, 1.165) is 18.1 Å². The van der Waals surface area contributed by atoms with E-state index in [-0.39, 0.29) is 11.9 Å². The van der Waals surface area contributed by atoms with Crippen LogP contribution in [-0.2, 0) is 22.8 Å². The number of rotatable bonds is 10. The summed E-state index contributed by atoms with van der Waals surface area (Å²) in [5.41, 5.74) is -1.12. The molecule has 0 aliphatic rings.